The van der Waals surface area contributed by atoms with Crippen molar-refractivity contribution in [3.8, 4) is 0 Å². The van der Waals surface area contributed by atoms with Gasteiger partial charge in [0.05, 0.1) is 6.54 Å². The highest BCUT2D eigenvalue weighted by Gasteiger charge is 2.25. The Labute approximate surface area is 155 Å². The number of aliphatic imine (C=N–C) groups is 1. The lowest BCUT2D eigenvalue weighted by molar-refractivity contribution is 0.454. The maximum atomic E-state index is 4.41. The second kappa shape index (κ2) is 7.86. The standard InChI is InChI=1S/C18H24N4.HI/c1-19-18(22(3)13-16-8-6-10-21(16)2)20-12-15-11-14-7-4-5-9-17(14)15;/h4-10,15H,11-13H2,1-3H3,(H,19,20);1H. The smallest absolute Gasteiger partial charge is 0.193 e. The molecule has 1 atom stereocenters. The molecule has 1 heterocycles. The van der Waals surface area contributed by atoms with Gasteiger partial charge in [-0.1, -0.05) is 24.3 Å². The van der Waals surface area contributed by atoms with Gasteiger partial charge < -0.3 is 14.8 Å². The van der Waals surface area contributed by atoms with Gasteiger partial charge in [0.25, 0.3) is 0 Å². The van der Waals surface area contributed by atoms with Crippen LogP contribution < -0.4 is 5.32 Å². The lowest BCUT2D eigenvalue weighted by atomic mass is 9.78. The van der Waals surface area contributed by atoms with E-state index < -0.39 is 0 Å². The zero-order chi connectivity index (χ0) is 15.5. The molecule has 0 spiro atoms. The molecule has 124 valence electrons. The average Bonchev–Trinajstić information content (AvgIpc) is 2.89. The summed E-state index contributed by atoms with van der Waals surface area (Å²) in [6, 6.07) is 12.9. The Morgan fingerprint density at radius 3 is 2.74 bits per heavy atom. The number of fused-ring (bicyclic) bond motifs is 1. The van der Waals surface area contributed by atoms with Crippen LogP contribution in [0.3, 0.4) is 0 Å². The number of aryl methyl sites for hydroxylation is 1. The molecule has 1 aliphatic rings. The van der Waals surface area contributed by atoms with Gasteiger partial charge in [0, 0.05) is 45.5 Å². The first-order valence-electron chi connectivity index (χ1n) is 7.79. The number of hydrogen-bond acceptors (Lipinski definition) is 1. The summed E-state index contributed by atoms with van der Waals surface area (Å²) in [5.74, 6) is 1.56. The minimum Gasteiger partial charge on any atom is -0.356 e. The number of aromatic nitrogens is 1. The van der Waals surface area contributed by atoms with Gasteiger partial charge >= 0.3 is 0 Å². The maximum absolute atomic E-state index is 4.41. The third-order valence-corrected chi connectivity index (χ3v) is 4.49. The van der Waals surface area contributed by atoms with E-state index in [1.165, 1.54) is 23.2 Å². The van der Waals surface area contributed by atoms with Gasteiger partial charge in [-0.25, -0.2) is 0 Å². The van der Waals surface area contributed by atoms with E-state index in [1.54, 1.807) is 0 Å². The van der Waals surface area contributed by atoms with Crippen molar-refractivity contribution in [1.29, 1.82) is 0 Å². The van der Waals surface area contributed by atoms with E-state index in [-0.39, 0.29) is 24.0 Å². The fraction of sp³-hybridized carbons (Fsp3) is 0.389. The second-order valence-corrected chi connectivity index (χ2v) is 5.99. The second-order valence-electron chi connectivity index (χ2n) is 5.99. The summed E-state index contributed by atoms with van der Waals surface area (Å²) < 4.78 is 2.14. The zero-order valence-electron chi connectivity index (χ0n) is 14.0. The van der Waals surface area contributed by atoms with E-state index >= 15 is 0 Å². The number of guanidine groups is 1. The first-order valence-corrected chi connectivity index (χ1v) is 7.79. The fourth-order valence-corrected chi connectivity index (χ4v) is 3.12. The summed E-state index contributed by atoms with van der Waals surface area (Å²) in [5, 5.41) is 3.51. The predicted molar refractivity (Wildman–Crippen MR) is 107 cm³/mol. The van der Waals surface area contributed by atoms with Crippen molar-refractivity contribution in [2.45, 2.75) is 18.9 Å². The van der Waals surface area contributed by atoms with Gasteiger partial charge in [-0.2, -0.15) is 0 Å². The molecule has 23 heavy (non-hydrogen) atoms. The molecule has 0 saturated heterocycles. The molecule has 0 fully saturated rings. The molecule has 1 aromatic heterocycles. The molecular weight excluding hydrogens is 399 g/mol. The Morgan fingerprint density at radius 2 is 2.09 bits per heavy atom. The number of nitrogens with zero attached hydrogens (tertiary/aromatic N) is 3. The number of halogens is 1. The highest BCUT2D eigenvalue weighted by atomic mass is 127. The molecule has 0 bridgehead atoms. The van der Waals surface area contributed by atoms with Crippen molar-refractivity contribution in [2.24, 2.45) is 12.0 Å². The lowest BCUT2D eigenvalue weighted by Crippen LogP contribution is -2.42. The molecule has 2 aromatic rings. The van der Waals surface area contributed by atoms with Gasteiger partial charge in [-0.05, 0) is 29.7 Å². The molecule has 0 saturated carbocycles. The predicted octanol–water partition coefficient (Wildman–Crippen LogP) is 2.99. The molecule has 0 amide bonds. The SMILES string of the molecule is CN=C(NCC1Cc2ccccc21)N(C)Cc1cccn1C.I. The number of benzene rings is 1. The van der Waals surface area contributed by atoms with E-state index in [9.17, 15) is 0 Å². The van der Waals surface area contributed by atoms with Crippen molar-refractivity contribution < 1.29 is 0 Å². The van der Waals surface area contributed by atoms with Gasteiger partial charge in [0.15, 0.2) is 5.96 Å². The van der Waals surface area contributed by atoms with Crippen LogP contribution in [0.15, 0.2) is 47.6 Å². The maximum Gasteiger partial charge on any atom is 0.193 e. The largest absolute Gasteiger partial charge is 0.356 e. The molecule has 4 nitrogen and oxygen atoms in total. The van der Waals surface area contributed by atoms with Crippen molar-refractivity contribution in [3.05, 3.63) is 59.4 Å². The zero-order valence-corrected chi connectivity index (χ0v) is 16.3. The van der Waals surface area contributed by atoms with E-state index in [2.05, 4.69) is 76.5 Å². The summed E-state index contributed by atoms with van der Waals surface area (Å²) in [4.78, 5) is 6.57. The van der Waals surface area contributed by atoms with Gasteiger partial charge in [-0.15, -0.1) is 24.0 Å². The molecular formula is C18H25IN4. The van der Waals surface area contributed by atoms with Crippen LogP contribution >= 0.6 is 24.0 Å². The monoisotopic (exact) mass is 424 g/mol. The molecule has 1 aliphatic carbocycles. The third kappa shape index (κ3) is 3.88. The van der Waals surface area contributed by atoms with Crippen molar-refractivity contribution in [3.63, 3.8) is 0 Å². The van der Waals surface area contributed by atoms with Crippen LogP contribution in [0.2, 0.25) is 0 Å². The molecule has 3 rings (SSSR count). The molecule has 5 heteroatoms. The third-order valence-electron chi connectivity index (χ3n) is 4.49. The Balaban J connectivity index is 0.00000192. The van der Waals surface area contributed by atoms with Crippen LogP contribution in [0.25, 0.3) is 0 Å². The topological polar surface area (TPSA) is 32.6 Å². The quantitative estimate of drug-likeness (QED) is 0.465. The van der Waals surface area contributed by atoms with Crippen LogP contribution in [-0.2, 0) is 20.0 Å². The van der Waals surface area contributed by atoms with Crippen molar-refractivity contribution in [2.75, 3.05) is 20.6 Å². The van der Waals surface area contributed by atoms with Crippen LogP contribution in [0, 0.1) is 0 Å². The summed E-state index contributed by atoms with van der Waals surface area (Å²) >= 11 is 0. The fourth-order valence-electron chi connectivity index (χ4n) is 3.12. The minimum atomic E-state index is 0. The molecule has 1 aromatic carbocycles. The van der Waals surface area contributed by atoms with E-state index in [0.717, 1.165) is 19.0 Å². The van der Waals surface area contributed by atoms with E-state index in [1.807, 2.05) is 7.05 Å². The first kappa shape index (κ1) is 17.8. The summed E-state index contributed by atoms with van der Waals surface area (Å²) in [5.41, 5.74) is 4.25. The summed E-state index contributed by atoms with van der Waals surface area (Å²) in [7, 11) is 6.00. The molecule has 0 aliphatic heterocycles. The highest BCUT2D eigenvalue weighted by Crippen LogP contribution is 2.33. The minimum absolute atomic E-state index is 0. The van der Waals surface area contributed by atoms with Gasteiger partial charge in [-0.3, -0.25) is 4.99 Å². The number of nitrogens with one attached hydrogen (secondary N) is 1. The molecule has 1 N–H and O–H groups in total. The van der Waals surface area contributed by atoms with Crippen LogP contribution in [0.1, 0.15) is 22.7 Å². The van der Waals surface area contributed by atoms with E-state index in [4.69, 9.17) is 0 Å². The highest BCUT2D eigenvalue weighted by molar-refractivity contribution is 14.0. The Kier molecular flexibility index (Phi) is 6.10. The van der Waals surface area contributed by atoms with Crippen molar-refractivity contribution in [1.82, 2.24) is 14.8 Å². The normalized spacial score (nSPS) is 16.1. The van der Waals surface area contributed by atoms with Crippen LogP contribution in [-0.4, -0.2) is 36.1 Å². The van der Waals surface area contributed by atoms with Crippen LogP contribution in [0.4, 0.5) is 0 Å². The summed E-state index contributed by atoms with van der Waals surface area (Å²) in [6.45, 7) is 1.80. The van der Waals surface area contributed by atoms with Crippen LogP contribution in [0.5, 0.6) is 0 Å². The summed E-state index contributed by atoms with van der Waals surface area (Å²) in [6.07, 6.45) is 3.24. The van der Waals surface area contributed by atoms with E-state index in [0.29, 0.717) is 5.92 Å². The van der Waals surface area contributed by atoms with Gasteiger partial charge in [0.2, 0.25) is 0 Å². The Morgan fingerprint density at radius 1 is 1.30 bits per heavy atom. The average molecular weight is 424 g/mol. The van der Waals surface area contributed by atoms with Gasteiger partial charge in [0.1, 0.15) is 0 Å². The number of hydrogen-bond donors (Lipinski definition) is 1. The lowest BCUT2D eigenvalue weighted by Gasteiger charge is -2.32. The van der Waals surface area contributed by atoms with Crippen molar-refractivity contribution >= 4 is 29.9 Å². The Hall–Kier alpha value is -1.50. The molecule has 0 radical (unpaired) electrons. The first-order chi connectivity index (χ1) is 10.7. The Bertz CT molecular complexity index is 677. The number of rotatable bonds is 4. The molecule has 1 unspecified atom stereocenters.